The molecule has 4 aliphatic carbocycles. The second kappa shape index (κ2) is 4.34. The lowest BCUT2D eigenvalue weighted by atomic mass is 9.49. The summed E-state index contributed by atoms with van der Waals surface area (Å²) < 4.78 is 6.10. The predicted octanol–water partition coefficient (Wildman–Crippen LogP) is 3.25. The molecule has 4 saturated carbocycles. The maximum Gasteiger partial charge on any atom is 0.208 e. The average Bonchev–Trinajstić information content (AvgIpc) is 2.84. The molecule has 0 atom stereocenters. The van der Waals surface area contributed by atoms with Crippen LogP contribution in [0.4, 0.5) is 0 Å². The Kier molecular flexibility index (Phi) is 2.73. The van der Waals surface area contributed by atoms with Gasteiger partial charge < -0.3 is 9.73 Å². The van der Waals surface area contributed by atoms with Crippen molar-refractivity contribution < 1.29 is 4.42 Å². The molecule has 104 valence electrons. The van der Waals surface area contributed by atoms with E-state index in [1.54, 1.807) is 0 Å². The molecule has 0 aliphatic heterocycles. The largest absolute Gasteiger partial charge is 0.444 e. The fourth-order valence-corrected chi connectivity index (χ4v) is 5.28. The van der Waals surface area contributed by atoms with Gasteiger partial charge in [-0.1, -0.05) is 6.92 Å². The van der Waals surface area contributed by atoms with Gasteiger partial charge in [-0.15, -0.1) is 0 Å². The minimum absolute atomic E-state index is 0.353. The molecule has 19 heavy (non-hydrogen) atoms. The van der Waals surface area contributed by atoms with Crippen LogP contribution in [-0.2, 0) is 12.0 Å². The first-order chi connectivity index (χ1) is 9.27. The topological polar surface area (TPSA) is 38.1 Å². The normalized spacial score (nSPS) is 39.9. The van der Waals surface area contributed by atoms with Gasteiger partial charge in [-0.25, -0.2) is 4.98 Å². The third-order valence-electron chi connectivity index (χ3n) is 5.64. The smallest absolute Gasteiger partial charge is 0.208 e. The van der Waals surface area contributed by atoms with Crippen LogP contribution in [0.5, 0.6) is 0 Å². The fraction of sp³-hybridized carbons (Fsp3) is 0.812. The van der Waals surface area contributed by atoms with Gasteiger partial charge in [0.2, 0.25) is 5.89 Å². The Bertz CT molecular complexity index is 430. The molecular formula is C16H24N2O. The number of oxazole rings is 1. The molecule has 1 aromatic rings. The van der Waals surface area contributed by atoms with E-state index in [0.29, 0.717) is 5.41 Å². The van der Waals surface area contributed by atoms with Gasteiger partial charge in [0.25, 0.3) is 0 Å². The standard InChI is InChI=1S/C16H24N2O/c1-2-17-10-15-18-9-14(19-15)16-6-11-3-12(7-16)5-13(4-11)8-16/h9,11-13,17H,2-8,10H2,1H3. The summed E-state index contributed by atoms with van der Waals surface area (Å²) in [5.41, 5.74) is 0.353. The molecule has 4 aliphatic rings. The highest BCUT2D eigenvalue weighted by atomic mass is 16.4. The van der Waals surface area contributed by atoms with E-state index in [4.69, 9.17) is 4.42 Å². The van der Waals surface area contributed by atoms with Crippen molar-refractivity contribution in [3.05, 3.63) is 17.8 Å². The van der Waals surface area contributed by atoms with Gasteiger partial charge in [-0.3, -0.25) is 0 Å². The van der Waals surface area contributed by atoms with Crippen molar-refractivity contribution >= 4 is 0 Å². The maximum absolute atomic E-state index is 6.10. The number of nitrogens with one attached hydrogen (secondary N) is 1. The molecular weight excluding hydrogens is 236 g/mol. The number of hydrogen-bond acceptors (Lipinski definition) is 3. The zero-order chi connectivity index (χ0) is 12.9. The van der Waals surface area contributed by atoms with Crippen molar-refractivity contribution in [2.75, 3.05) is 6.54 Å². The fourth-order valence-electron chi connectivity index (χ4n) is 5.28. The first-order valence-electron chi connectivity index (χ1n) is 7.93. The van der Waals surface area contributed by atoms with Crippen molar-refractivity contribution in [1.29, 1.82) is 0 Å². The van der Waals surface area contributed by atoms with E-state index in [2.05, 4.69) is 17.2 Å². The Morgan fingerprint density at radius 3 is 2.42 bits per heavy atom. The summed E-state index contributed by atoms with van der Waals surface area (Å²) in [7, 11) is 0. The van der Waals surface area contributed by atoms with E-state index in [1.807, 2.05) is 6.20 Å². The molecule has 0 radical (unpaired) electrons. The molecule has 4 fully saturated rings. The van der Waals surface area contributed by atoms with E-state index in [1.165, 1.54) is 44.3 Å². The van der Waals surface area contributed by atoms with Crippen LogP contribution in [0.15, 0.2) is 10.6 Å². The van der Waals surface area contributed by atoms with Crippen LogP contribution >= 0.6 is 0 Å². The van der Waals surface area contributed by atoms with Crippen LogP contribution in [0, 0.1) is 17.8 Å². The molecule has 5 rings (SSSR count). The molecule has 1 heterocycles. The van der Waals surface area contributed by atoms with Crippen molar-refractivity contribution in [2.45, 2.75) is 57.4 Å². The first-order valence-corrected chi connectivity index (χ1v) is 7.93. The Hall–Kier alpha value is -0.830. The van der Waals surface area contributed by atoms with Gasteiger partial charge in [-0.2, -0.15) is 0 Å². The molecule has 0 saturated heterocycles. The quantitative estimate of drug-likeness (QED) is 0.903. The van der Waals surface area contributed by atoms with Crippen molar-refractivity contribution in [2.24, 2.45) is 17.8 Å². The Labute approximate surface area is 115 Å². The minimum Gasteiger partial charge on any atom is -0.444 e. The third kappa shape index (κ3) is 1.94. The molecule has 0 spiro atoms. The van der Waals surface area contributed by atoms with Gasteiger partial charge in [-0.05, 0) is 62.8 Å². The summed E-state index contributed by atoms with van der Waals surface area (Å²) in [6.45, 7) is 3.85. The van der Waals surface area contributed by atoms with Crippen LogP contribution in [0.2, 0.25) is 0 Å². The van der Waals surface area contributed by atoms with E-state index >= 15 is 0 Å². The van der Waals surface area contributed by atoms with Crippen LogP contribution in [-0.4, -0.2) is 11.5 Å². The predicted molar refractivity (Wildman–Crippen MR) is 73.7 cm³/mol. The Balaban J connectivity index is 1.59. The van der Waals surface area contributed by atoms with Crippen LogP contribution in [0.3, 0.4) is 0 Å². The molecule has 3 heteroatoms. The lowest BCUT2D eigenvalue weighted by Crippen LogP contribution is -2.48. The lowest BCUT2D eigenvalue weighted by Gasteiger charge is -2.55. The van der Waals surface area contributed by atoms with Gasteiger partial charge in [0.1, 0.15) is 5.76 Å². The number of nitrogens with zero attached hydrogens (tertiary/aromatic N) is 1. The van der Waals surface area contributed by atoms with E-state index < -0.39 is 0 Å². The van der Waals surface area contributed by atoms with Crippen molar-refractivity contribution in [3.8, 4) is 0 Å². The molecule has 0 amide bonds. The van der Waals surface area contributed by atoms with Crippen LogP contribution in [0.1, 0.15) is 57.1 Å². The monoisotopic (exact) mass is 260 g/mol. The molecule has 1 N–H and O–H groups in total. The molecule has 1 aromatic heterocycles. The minimum atomic E-state index is 0.353. The highest BCUT2D eigenvalue weighted by molar-refractivity contribution is 5.19. The van der Waals surface area contributed by atoms with Gasteiger partial charge in [0.05, 0.1) is 12.7 Å². The zero-order valence-corrected chi connectivity index (χ0v) is 11.8. The summed E-state index contributed by atoms with van der Waals surface area (Å²) in [5.74, 6) is 4.96. The summed E-state index contributed by atoms with van der Waals surface area (Å²) in [6, 6.07) is 0. The third-order valence-corrected chi connectivity index (χ3v) is 5.64. The van der Waals surface area contributed by atoms with E-state index in [-0.39, 0.29) is 0 Å². The van der Waals surface area contributed by atoms with Crippen molar-refractivity contribution in [3.63, 3.8) is 0 Å². The highest BCUT2D eigenvalue weighted by Gasteiger charge is 2.53. The van der Waals surface area contributed by atoms with Crippen molar-refractivity contribution in [1.82, 2.24) is 10.3 Å². The Morgan fingerprint density at radius 1 is 1.21 bits per heavy atom. The average molecular weight is 260 g/mol. The number of aromatic nitrogens is 1. The Morgan fingerprint density at radius 2 is 1.84 bits per heavy atom. The molecule has 0 aromatic carbocycles. The van der Waals surface area contributed by atoms with Gasteiger partial charge >= 0.3 is 0 Å². The molecule has 0 unspecified atom stereocenters. The summed E-state index contributed by atoms with van der Waals surface area (Å²) in [6.07, 6.45) is 10.5. The number of hydrogen-bond donors (Lipinski definition) is 1. The molecule has 3 nitrogen and oxygen atoms in total. The maximum atomic E-state index is 6.10. The summed E-state index contributed by atoms with van der Waals surface area (Å²) in [4.78, 5) is 4.48. The summed E-state index contributed by atoms with van der Waals surface area (Å²) >= 11 is 0. The number of rotatable bonds is 4. The summed E-state index contributed by atoms with van der Waals surface area (Å²) in [5, 5.41) is 3.30. The van der Waals surface area contributed by atoms with Crippen LogP contribution in [0.25, 0.3) is 0 Å². The lowest BCUT2D eigenvalue weighted by molar-refractivity contribution is -0.0156. The second-order valence-corrected chi connectivity index (χ2v) is 7.10. The highest BCUT2D eigenvalue weighted by Crippen LogP contribution is 2.60. The van der Waals surface area contributed by atoms with Gasteiger partial charge in [0.15, 0.2) is 0 Å². The van der Waals surface area contributed by atoms with E-state index in [0.717, 1.165) is 36.7 Å². The second-order valence-electron chi connectivity index (χ2n) is 7.10. The van der Waals surface area contributed by atoms with E-state index in [9.17, 15) is 0 Å². The molecule has 4 bridgehead atoms. The van der Waals surface area contributed by atoms with Crippen LogP contribution < -0.4 is 5.32 Å². The first kappa shape index (κ1) is 12.0. The van der Waals surface area contributed by atoms with Gasteiger partial charge in [0, 0.05) is 5.41 Å². The SMILES string of the molecule is CCNCc1ncc(C23CC4CC(CC(C4)C2)C3)o1. The zero-order valence-electron chi connectivity index (χ0n) is 11.8.